The summed E-state index contributed by atoms with van der Waals surface area (Å²) in [5.74, 6) is -0.0123. The second kappa shape index (κ2) is 7.20. The SMILES string of the molecule is CN(C)C(=O)CN1CCCN(C(=O)C2COCC2N)CC1. The lowest BCUT2D eigenvalue weighted by Gasteiger charge is -2.25. The summed E-state index contributed by atoms with van der Waals surface area (Å²) in [4.78, 5) is 29.8. The van der Waals surface area contributed by atoms with Crippen LogP contribution in [0.5, 0.6) is 0 Å². The predicted molar refractivity (Wildman–Crippen MR) is 78.6 cm³/mol. The number of ether oxygens (including phenoxy) is 1. The van der Waals surface area contributed by atoms with Gasteiger partial charge in [0.05, 0.1) is 25.7 Å². The molecule has 21 heavy (non-hydrogen) atoms. The van der Waals surface area contributed by atoms with Crippen molar-refractivity contribution in [2.75, 3.05) is 60.0 Å². The minimum Gasteiger partial charge on any atom is -0.379 e. The Hall–Kier alpha value is -1.18. The summed E-state index contributed by atoms with van der Waals surface area (Å²) in [6.07, 6.45) is 0.884. The van der Waals surface area contributed by atoms with Crippen molar-refractivity contribution >= 4 is 11.8 Å². The number of likely N-dealkylation sites (N-methyl/N-ethyl adjacent to an activating group) is 1. The molecule has 2 aliphatic rings. The first-order chi connectivity index (χ1) is 9.99. The molecule has 0 spiro atoms. The van der Waals surface area contributed by atoms with Gasteiger partial charge in [-0.1, -0.05) is 0 Å². The molecular formula is C14H26N4O3. The lowest BCUT2D eigenvalue weighted by atomic mass is 10.0. The molecular weight excluding hydrogens is 272 g/mol. The van der Waals surface area contributed by atoms with E-state index >= 15 is 0 Å². The Morgan fingerprint density at radius 2 is 1.95 bits per heavy atom. The fourth-order valence-corrected chi connectivity index (χ4v) is 2.74. The molecule has 0 aliphatic carbocycles. The minimum atomic E-state index is -0.208. The van der Waals surface area contributed by atoms with Crippen LogP contribution in [0, 0.1) is 5.92 Å². The van der Waals surface area contributed by atoms with Crippen LogP contribution in [-0.2, 0) is 14.3 Å². The highest BCUT2D eigenvalue weighted by atomic mass is 16.5. The molecule has 7 nitrogen and oxygen atoms in total. The molecule has 2 atom stereocenters. The molecule has 0 radical (unpaired) electrons. The van der Waals surface area contributed by atoms with Crippen LogP contribution in [0.25, 0.3) is 0 Å². The zero-order valence-electron chi connectivity index (χ0n) is 13.0. The fourth-order valence-electron chi connectivity index (χ4n) is 2.74. The Morgan fingerprint density at radius 3 is 2.57 bits per heavy atom. The van der Waals surface area contributed by atoms with E-state index < -0.39 is 0 Å². The summed E-state index contributed by atoms with van der Waals surface area (Å²) in [5, 5.41) is 0. The molecule has 2 saturated heterocycles. The van der Waals surface area contributed by atoms with Crippen LogP contribution in [0.1, 0.15) is 6.42 Å². The quantitative estimate of drug-likeness (QED) is 0.692. The summed E-state index contributed by atoms with van der Waals surface area (Å²) in [5.41, 5.74) is 5.92. The third kappa shape index (κ3) is 4.15. The van der Waals surface area contributed by atoms with Gasteiger partial charge in [-0.25, -0.2) is 0 Å². The van der Waals surface area contributed by atoms with Crippen LogP contribution in [-0.4, -0.2) is 92.6 Å². The van der Waals surface area contributed by atoms with Gasteiger partial charge in [0.25, 0.3) is 0 Å². The molecule has 0 aromatic heterocycles. The highest BCUT2D eigenvalue weighted by Gasteiger charge is 2.34. The highest BCUT2D eigenvalue weighted by molar-refractivity contribution is 5.80. The molecule has 2 rings (SSSR count). The zero-order valence-corrected chi connectivity index (χ0v) is 13.0. The molecule has 0 saturated carbocycles. The van der Waals surface area contributed by atoms with Gasteiger partial charge in [-0.05, 0) is 6.42 Å². The molecule has 120 valence electrons. The second-order valence-electron chi connectivity index (χ2n) is 6.05. The predicted octanol–water partition coefficient (Wildman–Crippen LogP) is -1.42. The van der Waals surface area contributed by atoms with Gasteiger partial charge in [-0.2, -0.15) is 0 Å². The number of carbonyl (C=O) groups is 2. The van der Waals surface area contributed by atoms with Crippen molar-refractivity contribution in [1.29, 1.82) is 0 Å². The van der Waals surface area contributed by atoms with Gasteiger partial charge >= 0.3 is 0 Å². The van der Waals surface area contributed by atoms with Gasteiger partial charge in [0, 0.05) is 46.3 Å². The Balaban J connectivity index is 1.85. The van der Waals surface area contributed by atoms with E-state index in [1.54, 1.807) is 19.0 Å². The van der Waals surface area contributed by atoms with Crippen molar-refractivity contribution in [1.82, 2.24) is 14.7 Å². The first-order valence-corrected chi connectivity index (χ1v) is 7.53. The monoisotopic (exact) mass is 298 g/mol. The second-order valence-corrected chi connectivity index (χ2v) is 6.05. The normalized spacial score (nSPS) is 27.5. The zero-order chi connectivity index (χ0) is 15.4. The molecule has 2 amide bonds. The average molecular weight is 298 g/mol. The van der Waals surface area contributed by atoms with E-state index in [4.69, 9.17) is 10.5 Å². The third-order valence-electron chi connectivity index (χ3n) is 4.20. The van der Waals surface area contributed by atoms with E-state index in [1.807, 2.05) is 4.90 Å². The topological polar surface area (TPSA) is 79.1 Å². The summed E-state index contributed by atoms with van der Waals surface area (Å²) in [7, 11) is 3.52. The van der Waals surface area contributed by atoms with Crippen LogP contribution >= 0.6 is 0 Å². The molecule has 2 N–H and O–H groups in total. The first-order valence-electron chi connectivity index (χ1n) is 7.53. The van der Waals surface area contributed by atoms with Crippen LogP contribution < -0.4 is 5.73 Å². The van der Waals surface area contributed by atoms with Crippen molar-refractivity contribution in [3.63, 3.8) is 0 Å². The van der Waals surface area contributed by atoms with Gasteiger partial charge in [0.2, 0.25) is 11.8 Å². The fraction of sp³-hybridized carbons (Fsp3) is 0.857. The summed E-state index contributed by atoms with van der Waals surface area (Å²) in [6, 6.07) is -0.188. The average Bonchev–Trinajstić information content (AvgIpc) is 2.73. The lowest BCUT2D eigenvalue weighted by molar-refractivity contribution is -0.135. The Kier molecular flexibility index (Phi) is 5.55. The Labute approximate surface area is 126 Å². The van der Waals surface area contributed by atoms with E-state index in [0.717, 1.165) is 26.1 Å². The van der Waals surface area contributed by atoms with Crippen molar-refractivity contribution in [3.05, 3.63) is 0 Å². The van der Waals surface area contributed by atoms with Crippen molar-refractivity contribution < 1.29 is 14.3 Å². The number of amides is 2. The minimum absolute atomic E-state index is 0.0980. The van der Waals surface area contributed by atoms with Gasteiger partial charge < -0.3 is 20.3 Å². The molecule has 2 heterocycles. The van der Waals surface area contributed by atoms with Gasteiger partial charge in [0.1, 0.15) is 0 Å². The van der Waals surface area contributed by atoms with E-state index in [-0.39, 0.29) is 23.8 Å². The standard InChI is InChI=1S/C14H26N4O3/c1-16(2)13(19)8-17-4-3-5-18(7-6-17)14(20)11-9-21-10-12(11)15/h11-12H,3-10,15H2,1-2H3. The van der Waals surface area contributed by atoms with Gasteiger partial charge in [0.15, 0.2) is 0 Å². The molecule has 0 bridgehead atoms. The number of hydrogen-bond donors (Lipinski definition) is 1. The smallest absolute Gasteiger partial charge is 0.236 e. The maximum Gasteiger partial charge on any atom is 0.236 e. The molecule has 2 aliphatic heterocycles. The first kappa shape index (κ1) is 16.2. The molecule has 2 unspecified atom stereocenters. The van der Waals surface area contributed by atoms with E-state index in [0.29, 0.717) is 26.3 Å². The third-order valence-corrected chi connectivity index (χ3v) is 4.20. The molecule has 7 heteroatoms. The number of hydrogen-bond acceptors (Lipinski definition) is 5. The van der Waals surface area contributed by atoms with Crippen LogP contribution in [0.4, 0.5) is 0 Å². The maximum atomic E-state index is 12.5. The highest BCUT2D eigenvalue weighted by Crippen LogP contribution is 2.16. The molecule has 0 aromatic rings. The number of carbonyl (C=O) groups excluding carboxylic acids is 2. The molecule has 2 fully saturated rings. The van der Waals surface area contributed by atoms with Gasteiger partial charge in [-0.15, -0.1) is 0 Å². The van der Waals surface area contributed by atoms with Crippen molar-refractivity contribution in [2.24, 2.45) is 11.7 Å². The van der Waals surface area contributed by atoms with Crippen LogP contribution in [0.3, 0.4) is 0 Å². The van der Waals surface area contributed by atoms with Gasteiger partial charge in [-0.3, -0.25) is 14.5 Å². The lowest BCUT2D eigenvalue weighted by Crippen LogP contribution is -2.45. The summed E-state index contributed by atoms with van der Waals surface area (Å²) < 4.78 is 5.28. The van der Waals surface area contributed by atoms with E-state index in [2.05, 4.69) is 4.90 Å². The Morgan fingerprint density at radius 1 is 1.19 bits per heavy atom. The summed E-state index contributed by atoms with van der Waals surface area (Å²) in [6.45, 7) is 4.27. The van der Waals surface area contributed by atoms with Crippen LogP contribution in [0.2, 0.25) is 0 Å². The number of rotatable bonds is 3. The molecule has 0 aromatic carbocycles. The van der Waals surface area contributed by atoms with Crippen molar-refractivity contribution in [3.8, 4) is 0 Å². The van der Waals surface area contributed by atoms with E-state index in [9.17, 15) is 9.59 Å². The van der Waals surface area contributed by atoms with E-state index in [1.165, 1.54) is 0 Å². The maximum absolute atomic E-state index is 12.5. The largest absolute Gasteiger partial charge is 0.379 e. The number of nitrogens with two attached hydrogens (primary N) is 1. The van der Waals surface area contributed by atoms with Crippen LogP contribution in [0.15, 0.2) is 0 Å². The summed E-state index contributed by atoms with van der Waals surface area (Å²) >= 11 is 0. The van der Waals surface area contributed by atoms with Crippen molar-refractivity contribution in [2.45, 2.75) is 12.5 Å². The Bertz CT molecular complexity index is 388. The number of nitrogens with zero attached hydrogens (tertiary/aromatic N) is 3.